The number of rotatable bonds is 11. The largest absolute Gasteiger partial charge is 0.427 e. The molecule has 7 rings (SSSR count). The molecule has 220 valence electrons. The van der Waals surface area contributed by atoms with Crippen LogP contribution in [-0.4, -0.2) is 24.1 Å². The van der Waals surface area contributed by atoms with Crippen molar-refractivity contribution in [3.05, 3.63) is 84.4 Å². The number of benzene rings is 3. The van der Waals surface area contributed by atoms with Crippen molar-refractivity contribution in [1.29, 1.82) is 0 Å². The lowest BCUT2D eigenvalue weighted by atomic mass is 9.53. The van der Waals surface area contributed by atoms with Crippen molar-refractivity contribution in [1.82, 2.24) is 5.32 Å². The van der Waals surface area contributed by atoms with Crippen LogP contribution in [0.15, 0.2) is 88.7 Å². The number of carbonyl (C=O) groups is 2. The number of esters is 1. The zero-order chi connectivity index (χ0) is 28.9. The van der Waals surface area contributed by atoms with Crippen molar-refractivity contribution >= 4 is 29.4 Å². The fourth-order valence-electron chi connectivity index (χ4n) is 7.81. The second-order valence-electron chi connectivity index (χ2n) is 12.7. The molecule has 0 radical (unpaired) electrons. The van der Waals surface area contributed by atoms with Gasteiger partial charge >= 0.3 is 12.0 Å². The molecule has 4 aliphatic rings. The maximum atomic E-state index is 14.1. The van der Waals surface area contributed by atoms with Gasteiger partial charge in [0.05, 0.1) is 0 Å². The maximum absolute atomic E-state index is 14.1. The topological polar surface area (TPSA) is 58.6 Å². The first-order valence-electron chi connectivity index (χ1n) is 15.7. The molecule has 42 heavy (non-hydrogen) atoms. The van der Waals surface area contributed by atoms with Gasteiger partial charge in [-0.1, -0.05) is 55.1 Å². The number of carbonyl (C=O) groups excluding carboxylic acids is 2. The van der Waals surface area contributed by atoms with Crippen molar-refractivity contribution in [2.75, 3.05) is 11.4 Å². The molecule has 4 saturated carbocycles. The Bertz CT molecular complexity index is 1340. The minimum atomic E-state index is -0.204. The third kappa shape index (κ3) is 7.03. The maximum Gasteiger partial charge on any atom is 0.322 e. The Kier molecular flexibility index (Phi) is 8.89. The lowest BCUT2D eigenvalue weighted by molar-refractivity contribution is -0.134. The Morgan fingerprint density at radius 2 is 1.57 bits per heavy atom. The first kappa shape index (κ1) is 28.9. The molecule has 0 heterocycles. The summed E-state index contributed by atoms with van der Waals surface area (Å²) < 4.78 is 5.41. The summed E-state index contributed by atoms with van der Waals surface area (Å²) in [6, 6.07) is 26.5. The third-order valence-corrected chi connectivity index (χ3v) is 10.2. The summed E-state index contributed by atoms with van der Waals surface area (Å²) in [5.74, 6) is 2.71. The highest BCUT2D eigenvalue weighted by Gasteiger charge is 2.51. The van der Waals surface area contributed by atoms with Crippen LogP contribution in [0, 0.1) is 17.8 Å². The molecule has 0 aromatic heterocycles. The normalized spacial score (nSPS) is 23.9. The summed E-state index contributed by atoms with van der Waals surface area (Å²) in [7, 11) is 0. The van der Waals surface area contributed by atoms with E-state index in [0.717, 1.165) is 71.8 Å². The summed E-state index contributed by atoms with van der Waals surface area (Å²) in [6.45, 7) is 2.63. The molecule has 0 spiro atoms. The van der Waals surface area contributed by atoms with E-state index in [9.17, 15) is 9.59 Å². The van der Waals surface area contributed by atoms with Crippen molar-refractivity contribution in [3.8, 4) is 5.75 Å². The van der Waals surface area contributed by atoms with E-state index in [-0.39, 0.29) is 17.5 Å². The van der Waals surface area contributed by atoms with E-state index in [0.29, 0.717) is 18.7 Å². The Balaban J connectivity index is 1.17. The summed E-state index contributed by atoms with van der Waals surface area (Å²) in [5, 5.41) is 3.61. The van der Waals surface area contributed by atoms with Crippen LogP contribution in [0.4, 0.5) is 10.5 Å². The summed E-state index contributed by atoms with van der Waals surface area (Å²) in [5.41, 5.74) is 2.20. The van der Waals surface area contributed by atoms with Gasteiger partial charge in [-0.05, 0) is 124 Å². The van der Waals surface area contributed by atoms with Gasteiger partial charge in [0.15, 0.2) is 0 Å². The third-order valence-electron chi connectivity index (χ3n) is 9.22. The molecule has 2 amide bonds. The molecular formula is C36H42N2O3S. The first-order chi connectivity index (χ1) is 20.5. The van der Waals surface area contributed by atoms with Crippen LogP contribution in [0.25, 0.3) is 0 Å². The van der Waals surface area contributed by atoms with Gasteiger partial charge in [-0.15, -0.1) is 0 Å². The van der Waals surface area contributed by atoms with E-state index in [1.807, 2.05) is 48.2 Å². The molecular weight excluding hydrogens is 540 g/mol. The Morgan fingerprint density at radius 3 is 2.24 bits per heavy atom. The minimum Gasteiger partial charge on any atom is -0.427 e. The fraction of sp³-hybridized carbons (Fsp3) is 0.444. The number of nitrogens with one attached hydrogen (secondary N) is 1. The number of hydrogen-bond donors (Lipinski definition) is 1. The van der Waals surface area contributed by atoms with E-state index in [1.54, 1.807) is 11.8 Å². The predicted octanol–water partition coefficient (Wildman–Crippen LogP) is 8.66. The monoisotopic (exact) mass is 582 g/mol. The highest BCUT2D eigenvalue weighted by molar-refractivity contribution is 7.99. The fourth-order valence-corrected chi connectivity index (χ4v) is 8.68. The van der Waals surface area contributed by atoms with E-state index in [1.165, 1.54) is 24.8 Å². The average Bonchev–Trinajstić information content (AvgIpc) is 2.96. The molecule has 3 aromatic rings. The number of hydrogen-bond acceptors (Lipinski definition) is 4. The van der Waals surface area contributed by atoms with E-state index < -0.39 is 0 Å². The number of nitrogens with zero attached hydrogens (tertiary/aromatic N) is 1. The van der Waals surface area contributed by atoms with Crippen molar-refractivity contribution in [2.24, 2.45) is 17.8 Å². The van der Waals surface area contributed by atoms with Gasteiger partial charge in [0.2, 0.25) is 0 Å². The van der Waals surface area contributed by atoms with E-state index >= 15 is 0 Å². The summed E-state index contributed by atoms with van der Waals surface area (Å²) >= 11 is 1.65. The van der Waals surface area contributed by atoms with Crippen LogP contribution in [-0.2, 0) is 11.2 Å². The second kappa shape index (κ2) is 12.9. The molecule has 1 N–H and O–H groups in total. The molecule has 5 nitrogen and oxygen atoms in total. The zero-order valence-electron chi connectivity index (χ0n) is 24.6. The van der Waals surface area contributed by atoms with E-state index in [2.05, 4.69) is 47.8 Å². The van der Waals surface area contributed by atoms with Gasteiger partial charge in [-0.3, -0.25) is 9.69 Å². The predicted molar refractivity (Wildman–Crippen MR) is 169 cm³/mol. The van der Waals surface area contributed by atoms with Crippen LogP contribution in [0.5, 0.6) is 5.75 Å². The molecule has 0 atom stereocenters. The van der Waals surface area contributed by atoms with Crippen LogP contribution >= 0.6 is 11.8 Å². The highest BCUT2D eigenvalue weighted by Crippen LogP contribution is 2.55. The molecule has 0 unspecified atom stereocenters. The number of amides is 2. The van der Waals surface area contributed by atoms with Crippen LogP contribution in [0.3, 0.4) is 0 Å². The molecule has 4 bridgehead atoms. The van der Waals surface area contributed by atoms with Gasteiger partial charge in [-0.25, -0.2) is 4.79 Å². The molecule has 0 saturated heterocycles. The van der Waals surface area contributed by atoms with Crippen molar-refractivity contribution < 1.29 is 14.3 Å². The molecule has 4 aliphatic carbocycles. The van der Waals surface area contributed by atoms with Crippen LogP contribution in [0.1, 0.15) is 70.3 Å². The summed E-state index contributed by atoms with van der Waals surface area (Å²) in [6.07, 6.45) is 10.5. The number of anilines is 1. The SMILES string of the molecule is CCCC(=O)Oc1ccc(Sc2cccc(N(CCCc3ccccc3)C(=O)NC34CC5CC(CC(C5)C3)C4)c2)cc1. The Morgan fingerprint density at radius 1 is 0.881 bits per heavy atom. The molecule has 4 fully saturated rings. The van der Waals surface area contributed by atoms with Gasteiger partial charge in [0.25, 0.3) is 0 Å². The standard InChI is InChI=1S/C36H42N2O3S/c1-2-8-34(39)41-31-14-16-32(17-15-31)42-33-13-6-12-30(22-33)38(18-7-11-26-9-4-3-5-10-26)35(40)37-36-23-27-19-28(24-36)21-29(20-27)25-36/h3-6,9-10,12-17,22,27-29H,2,7-8,11,18-21,23-25H2,1H3,(H,37,40). The Labute approximate surface area is 254 Å². The number of urea groups is 1. The second-order valence-corrected chi connectivity index (χ2v) is 13.8. The lowest BCUT2D eigenvalue weighted by Crippen LogP contribution is -2.62. The summed E-state index contributed by atoms with van der Waals surface area (Å²) in [4.78, 5) is 30.0. The molecule has 6 heteroatoms. The van der Waals surface area contributed by atoms with Gasteiger partial charge in [0.1, 0.15) is 5.75 Å². The van der Waals surface area contributed by atoms with Crippen LogP contribution < -0.4 is 15.0 Å². The quantitative estimate of drug-likeness (QED) is 0.182. The Hall–Kier alpha value is -3.25. The van der Waals surface area contributed by atoms with Gasteiger partial charge in [-0.2, -0.15) is 0 Å². The molecule has 3 aromatic carbocycles. The number of aryl methyl sites for hydroxylation is 1. The van der Waals surface area contributed by atoms with E-state index in [4.69, 9.17) is 4.74 Å². The lowest BCUT2D eigenvalue weighted by Gasteiger charge is -2.57. The highest BCUT2D eigenvalue weighted by atomic mass is 32.2. The first-order valence-corrected chi connectivity index (χ1v) is 16.5. The number of ether oxygens (including phenoxy) is 1. The average molecular weight is 583 g/mol. The van der Waals surface area contributed by atoms with Gasteiger partial charge < -0.3 is 10.1 Å². The molecule has 0 aliphatic heterocycles. The smallest absolute Gasteiger partial charge is 0.322 e. The van der Waals surface area contributed by atoms with Crippen molar-refractivity contribution in [3.63, 3.8) is 0 Å². The minimum absolute atomic E-state index is 0.0296. The zero-order valence-corrected chi connectivity index (χ0v) is 25.4. The van der Waals surface area contributed by atoms with Crippen molar-refractivity contribution in [2.45, 2.75) is 86.5 Å². The van der Waals surface area contributed by atoms with Gasteiger partial charge in [0, 0.05) is 34.0 Å². The van der Waals surface area contributed by atoms with Crippen LogP contribution in [0.2, 0.25) is 0 Å².